The summed E-state index contributed by atoms with van der Waals surface area (Å²) in [6.45, 7) is 4.67. The molecule has 1 aromatic rings. The van der Waals surface area contributed by atoms with E-state index in [-0.39, 0.29) is 17.9 Å². The molecule has 0 radical (unpaired) electrons. The van der Waals surface area contributed by atoms with E-state index in [0.717, 1.165) is 18.6 Å². The van der Waals surface area contributed by atoms with Gasteiger partial charge in [-0.05, 0) is 39.1 Å². The van der Waals surface area contributed by atoms with Crippen LogP contribution in [0.1, 0.15) is 38.5 Å². The summed E-state index contributed by atoms with van der Waals surface area (Å²) >= 11 is 0. The first kappa shape index (κ1) is 14.8. The standard InChI is InChI=1S/C14H24N2O2/c1-5-11(6-2)14(17)15-10-12(16(3)4)13-8-7-9-18-13/h7-9,11-12H,5-6,10H2,1-4H3,(H,15,17). The van der Waals surface area contributed by atoms with Gasteiger partial charge in [0.1, 0.15) is 5.76 Å². The highest BCUT2D eigenvalue weighted by molar-refractivity contribution is 5.78. The molecule has 4 heteroatoms. The Morgan fingerprint density at radius 1 is 1.39 bits per heavy atom. The van der Waals surface area contributed by atoms with Crippen LogP contribution in [-0.4, -0.2) is 31.4 Å². The topological polar surface area (TPSA) is 45.5 Å². The molecule has 1 amide bonds. The summed E-state index contributed by atoms with van der Waals surface area (Å²) in [6.07, 6.45) is 3.43. The molecule has 0 aliphatic carbocycles. The van der Waals surface area contributed by atoms with Crippen LogP contribution in [-0.2, 0) is 4.79 Å². The van der Waals surface area contributed by atoms with E-state index in [1.54, 1.807) is 6.26 Å². The molecule has 102 valence electrons. The third-order valence-corrected chi connectivity index (χ3v) is 3.32. The number of rotatable bonds is 7. The van der Waals surface area contributed by atoms with Crippen molar-refractivity contribution in [2.75, 3.05) is 20.6 Å². The second-order valence-corrected chi connectivity index (χ2v) is 4.75. The average molecular weight is 252 g/mol. The Morgan fingerprint density at radius 2 is 2.06 bits per heavy atom. The van der Waals surface area contributed by atoms with Crippen LogP contribution in [0.4, 0.5) is 0 Å². The second-order valence-electron chi connectivity index (χ2n) is 4.75. The number of nitrogens with one attached hydrogen (secondary N) is 1. The molecule has 0 spiro atoms. The van der Waals surface area contributed by atoms with Crippen molar-refractivity contribution in [2.45, 2.75) is 32.7 Å². The van der Waals surface area contributed by atoms with Crippen LogP contribution < -0.4 is 5.32 Å². The van der Waals surface area contributed by atoms with E-state index in [1.807, 2.05) is 45.0 Å². The number of carbonyl (C=O) groups is 1. The quantitative estimate of drug-likeness (QED) is 0.810. The lowest BCUT2D eigenvalue weighted by atomic mass is 10.0. The predicted molar refractivity (Wildman–Crippen MR) is 72.2 cm³/mol. The Morgan fingerprint density at radius 3 is 2.50 bits per heavy atom. The Balaban J connectivity index is 2.56. The molecule has 1 atom stereocenters. The van der Waals surface area contributed by atoms with E-state index in [4.69, 9.17) is 4.42 Å². The molecule has 1 heterocycles. The second kappa shape index (κ2) is 7.21. The van der Waals surface area contributed by atoms with E-state index < -0.39 is 0 Å². The van der Waals surface area contributed by atoms with Crippen molar-refractivity contribution in [1.82, 2.24) is 10.2 Å². The van der Waals surface area contributed by atoms with Crippen LogP contribution in [0, 0.1) is 5.92 Å². The number of nitrogens with zero attached hydrogens (tertiary/aromatic N) is 1. The molecular formula is C14H24N2O2. The van der Waals surface area contributed by atoms with Crippen LogP contribution in [0.2, 0.25) is 0 Å². The summed E-state index contributed by atoms with van der Waals surface area (Å²) in [5, 5.41) is 3.01. The third kappa shape index (κ3) is 3.88. The molecule has 0 aliphatic rings. The first-order chi connectivity index (χ1) is 8.60. The Kier molecular flexibility index (Phi) is 5.92. The Bertz CT molecular complexity index is 343. The summed E-state index contributed by atoms with van der Waals surface area (Å²) in [5.41, 5.74) is 0. The third-order valence-electron chi connectivity index (χ3n) is 3.32. The van der Waals surface area contributed by atoms with Gasteiger partial charge in [0.15, 0.2) is 0 Å². The maximum absolute atomic E-state index is 11.9. The Hall–Kier alpha value is -1.29. The molecule has 0 bridgehead atoms. The minimum absolute atomic E-state index is 0.0818. The van der Waals surface area contributed by atoms with Crippen LogP contribution in [0.5, 0.6) is 0 Å². The lowest BCUT2D eigenvalue weighted by Gasteiger charge is -2.23. The first-order valence-electron chi connectivity index (χ1n) is 6.57. The van der Waals surface area contributed by atoms with Crippen molar-refractivity contribution < 1.29 is 9.21 Å². The molecule has 1 unspecified atom stereocenters. The highest BCUT2D eigenvalue weighted by atomic mass is 16.3. The fraction of sp³-hybridized carbons (Fsp3) is 0.643. The van der Waals surface area contributed by atoms with Crippen molar-refractivity contribution in [3.05, 3.63) is 24.2 Å². The lowest BCUT2D eigenvalue weighted by molar-refractivity contribution is -0.125. The van der Waals surface area contributed by atoms with Crippen molar-refractivity contribution in [2.24, 2.45) is 5.92 Å². The zero-order valence-electron chi connectivity index (χ0n) is 11.8. The van der Waals surface area contributed by atoms with Gasteiger partial charge in [0.05, 0.1) is 12.3 Å². The number of carbonyl (C=O) groups excluding carboxylic acids is 1. The SMILES string of the molecule is CCC(CC)C(=O)NCC(c1ccco1)N(C)C. The van der Waals surface area contributed by atoms with Crippen molar-refractivity contribution >= 4 is 5.91 Å². The van der Waals surface area contributed by atoms with Crippen molar-refractivity contribution in [3.8, 4) is 0 Å². The maximum atomic E-state index is 11.9. The van der Waals surface area contributed by atoms with Gasteiger partial charge in [-0.3, -0.25) is 9.69 Å². The van der Waals surface area contributed by atoms with Crippen LogP contribution >= 0.6 is 0 Å². The number of furan rings is 1. The van der Waals surface area contributed by atoms with Gasteiger partial charge in [-0.1, -0.05) is 13.8 Å². The van der Waals surface area contributed by atoms with Crippen LogP contribution in [0.25, 0.3) is 0 Å². The van der Waals surface area contributed by atoms with E-state index in [9.17, 15) is 4.79 Å². The predicted octanol–water partition coefficient (Wildman–Crippen LogP) is 2.43. The highest BCUT2D eigenvalue weighted by Crippen LogP contribution is 2.18. The zero-order chi connectivity index (χ0) is 13.5. The molecule has 4 nitrogen and oxygen atoms in total. The smallest absolute Gasteiger partial charge is 0.223 e. The molecule has 0 fully saturated rings. The van der Waals surface area contributed by atoms with Gasteiger partial charge >= 0.3 is 0 Å². The fourth-order valence-corrected chi connectivity index (χ4v) is 2.02. The summed E-state index contributed by atoms with van der Waals surface area (Å²) in [5.74, 6) is 1.13. The van der Waals surface area contributed by atoms with E-state index >= 15 is 0 Å². The molecular weight excluding hydrogens is 228 g/mol. The monoisotopic (exact) mass is 252 g/mol. The minimum Gasteiger partial charge on any atom is -0.468 e. The average Bonchev–Trinajstić information content (AvgIpc) is 2.84. The largest absolute Gasteiger partial charge is 0.468 e. The first-order valence-corrected chi connectivity index (χ1v) is 6.57. The highest BCUT2D eigenvalue weighted by Gasteiger charge is 2.20. The van der Waals surface area contributed by atoms with Crippen molar-refractivity contribution in [3.63, 3.8) is 0 Å². The number of hydrogen-bond donors (Lipinski definition) is 1. The van der Waals surface area contributed by atoms with Gasteiger partial charge in [-0.2, -0.15) is 0 Å². The molecule has 1 aromatic heterocycles. The minimum atomic E-state index is 0.0818. The summed E-state index contributed by atoms with van der Waals surface area (Å²) < 4.78 is 5.41. The van der Waals surface area contributed by atoms with Gasteiger partial charge in [0.2, 0.25) is 5.91 Å². The molecule has 0 aromatic carbocycles. The van der Waals surface area contributed by atoms with Gasteiger partial charge in [-0.15, -0.1) is 0 Å². The van der Waals surface area contributed by atoms with Crippen LogP contribution in [0.15, 0.2) is 22.8 Å². The summed E-state index contributed by atoms with van der Waals surface area (Å²) in [7, 11) is 3.97. The van der Waals surface area contributed by atoms with Gasteiger partial charge < -0.3 is 9.73 Å². The van der Waals surface area contributed by atoms with Gasteiger partial charge in [0.25, 0.3) is 0 Å². The summed E-state index contributed by atoms with van der Waals surface area (Å²) in [6, 6.07) is 3.89. The number of likely N-dealkylation sites (N-methyl/N-ethyl adjacent to an activating group) is 1. The Labute approximate surface area is 109 Å². The van der Waals surface area contributed by atoms with Gasteiger partial charge in [0, 0.05) is 12.5 Å². The van der Waals surface area contributed by atoms with E-state index in [0.29, 0.717) is 6.54 Å². The molecule has 1 N–H and O–H groups in total. The van der Waals surface area contributed by atoms with E-state index in [2.05, 4.69) is 5.32 Å². The number of hydrogen-bond acceptors (Lipinski definition) is 3. The maximum Gasteiger partial charge on any atom is 0.223 e. The summed E-state index contributed by atoms with van der Waals surface area (Å²) in [4.78, 5) is 14.0. The molecule has 0 aliphatic heterocycles. The number of amides is 1. The molecule has 0 saturated carbocycles. The molecule has 18 heavy (non-hydrogen) atoms. The normalized spacial score (nSPS) is 13.0. The van der Waals surface area contributed by atoms with Gasteiger partial charge in [-0.25, -0.2) is 0 Å². The van der Waals surface area contributed by atoms with E-state index in [1.165, 1.54) is 0 Å². The van der Waals surface area contributed by atoms with Crippen LogP contribution in [0.3, 0.4) is 0 Å². The molecule has 0 saturated heterocycles. The zero-order valence-corrected chi connectivity index (χ0v) is 11.8. The van der Waals surface area contributed by atoms with Crippen molar-refractivity contribution in [1.29, 1.82) is 0 Å². The lowest BCUT2D eigenvalue weighted by Crippen LogP contribution is -2.37. The molecule has 1 rings (SSSR count). The fourth-order valence-electron chi connectivity index (χ4n) is 2.02.